The summed E-state index contributed by atoms with van der Waals surface area (Å²) < 4.78 is 28.5. The summed E-state index contributed by atoms with van der Waals surface area (Å²) in [6.45, 7) is 3.75. The van der Waals surface area contributed by atoms with Gasteiger partial charge in [0.1, 0.15) is 5.82 Å². The Hall–Kier alpha value is -2.94. The third-order valence-electron chi connectivity index (χ3n) is 3.57. The second kappa shape index (κ2) is 6.52. The molecule has 130 valence electrons. The van der Waals surface area contributed by atoms with Crippen LogP contribution in [0.3, 0.4) is 0 Å². The van der Waals surface area contributed by atoms with Gasteiger partial charge in [-0.15, -0.1) is 0 Å². The molecule has 2 aromatic heterocycles. The van der Waals surface area contributed by atoms with Crippen molar-refractivity contribution < 1.29 is 12.9 Å². The lowest BCUT2D eigenvalue weighted by Crippen LogP contribution is -2.02. The first-order valence-electron chi connectivity index (χ1n) is 7.43. The van der Waals surface area contributed by atoms with Gasteiger partial charge in [0.15, 0.2) is 9.84 Å². The van der Waals surface area contributed by atoms with Crippen molar-refractivity contribution in [2.24, 2.45) is 0 Å². The highest BCUT2D eigenvalue weighted by molar-refractivity contribution is 7.90. The lowest BCUT2D eigenvalue weighted by Gasteiger charge is -2.08. The topological polar surface area (TPSA) is 110 Å². The summed E-state index contributed by atoms with van der Waals surface area (Å²) >= 11 is 0. The van der Waals surface area contributed by atoms with E-state index in [1.165, 1.54) is 12.1 Å². The van der Waals surface area contributed by atoms with E-state index >= 15 is 0 Å². The fraction of sp³-hybridized carbons (Fsp3) is 0.188. The van der Waals surface area contributed by atoms with Crippen LogP contribution >= 0.6 is 0 Å². The Bertz CT molecular complexity index is 1010. The van der Waals surface area contributed by atoms with Crippen LogP contribution in [-0.4, -0.2) is 29.8 Å². The van der Waals surface area contributed by atoms with Gasteiger partial charge in [0.2, 0.25) is 11.8 Å². The van der Waals surface area contributed by atoms with Crippen molar-refractivity contribution in [1.29, 1.82) is 0 Å². The van der Waals surface area contributed by atoms with E-state index < -0.39 is 9.84 Å². The van der Waals surface area contributed by atoms with Crippen molar-refractivity contribution in [1.82, 2.24) is 15.1 Å². The third kappa shape index (κ3) is 3.94. The van der Waals surface area contributed by atoms with E-state index in [1.54, 1.807) is 24.4 Å². The van der Waals surface area contributed by atoms with Gasteiger partial charge < -0.3 is 15.2 Å². The van der Waals surface area contributed by atoms with Crippen LogP contribution < -0.4 is 10.6 Å². The van der Waals surface area contributed by atoms with Crippen LogP contribution in [0.2, 0.25) is 0 Å². The molecule has 0 bridgehead atoms. The lowest BCUT2D eigenvalue weighted by atomic mass is 10.3. The number of nitrogens with one attached hydrogen (secondary N) is 2. The summed E-state index contributed by atoms with van der Waals surface area (Å²) in [6, 6.07) is 8.15. The molecule has 0 fully saturated rings. The Labute approximate surface area is 145 Å². The molecule has 3 rings (SSSR count). The van der Waals surface area contributed by atoms with Crippen LogP contribution in [0.1, 0.15) is 11.3 Å². The van der Waals surface area contributed by atoms with Crippen molar-refractivity contribution in [3.63, 3.8) is 0 Å². The zero-order valence-corrected chi connectivity index (χ0v) is 14.8. The standard InChI is InChI=1S/C16H17N5O3S/c1-10-11(2)21-24-15(10)19-14-7-8-17-16(20-14)18-12-5-4-6-13(9-12)25(3,22)23/h4-9H,1-3H3,(H2,17,18,19,20). The zero-order valence-electron chi connectivity index (χ0n) is 13.9. The van der Waals surface area contributed by atoms with Gasteiger partial charge in [-0.25, -0.2) is 13.4 Å². The number of sulfone groups is 1. The highest BCUT2D eigenvalue weighted by Gasteiger charge is 2.11. The number of anilines is 4. The molecule has 0 saturated carbocycles. The highest BCUT2D eigenvalue weighted by Crippen LogP contribution is 2.23. The van der Waals surface area contributed by atoms with E-state index in [2.05, 4.69) is 25.8 Å². The van der Waals surface area contributed by atoms with Crippen molar-refractivity contribution in [3.8, 4) is 0 Å². The Morgan fingerprint density at radius 3 is 2.60 bits per heavy atom. The summed E-state index contributed by atoms with van der Waals surface area (Å²) in [5.41, 5.74) is 2.27. The Morgan fingerprint density at radius 2 is 1.92 bits per heavy atom. The molecule has 0 atom stereocenters. The third-order valence-corrected chi connectivity index (χ3v) is 4.68. The molecule has 8 nitrogen and oxygen atoms in total. The molecular formula is C16H17N5O3S. The number of nitrogens with zero attached hydrogens (tertiary/aromatic N) is 3. The summed E-state index contributed by atoms with van der Waals surface area (Å²) in [7, 11) is -3.28. The summed E-state index contributed by atoms with van der Waals surface area (Å²) in [5.74, 6) is 1.36. The highest BCUT2D eigenvalue weighted by atomic mass is 32.2. The number of aromatic nitrogens is 3. The van der Waals surface area contributed by atoms with Gasteiger partial charge in [0.25, 0.3) is 0 Å². The van der Waals surface area contributed by atoms with Crippen molar-refractivity contribution in [3.05, 3.63) is 47.8 Å². The summed E-state index contributed by atoms with van der Waals surface area (Å²) in [4.78, 5) is 8.69. The van der Waals surface area contributed by atoms with Crippen LogP contribution in [0.4, 0.5) is 23.3 Å². The minimum absolute atomic E-state index is 0.222. The first-order chi connectivity index (χ1) is 11.8. The summed E-state index contributed by atoms with van der Waals surface area (Å²) in [6.07, 6.45) is 2.74. The van der Waals surface area contributed by atoms with Gasteiger partial charge in [-0.05, 0) is 38.1 Å². The largest absolute Gasteiger partial charge is 0.338 e. The van der Waals surface area contributed by atoms with Crippen LogP contribution in [0.5, 0.6) is 0 Å². The van der Waals surface area contributed by atoms with Crippen molar-refractivity contribution in [2.45, 2.75) is 18.7 Å². The molecule has 0 amide bonds. The van der Waals surface area contributed by atoms with Gasteiger partial charge in [0.05, 0.1) is 10.6 Å². The Balaban J connectivity index is 1.82. The molecule has 0 aliphatic carbocycles. The average molecular weight is 359 g/mol. The number of hydrogen-bond acceptors (Lipinski definition) is 8. The van der Waals surface area contributed by atoms with E-state index in [-0.39, 0.29) is 4.90 Å². The maximum Gasteiger partial charge on any atom is 0.233 e. The molecule has 0 unspecified atom stereocenters. The maximum atomic E-state index is 11.6. The van der Waals surface area contributed by atoms with Gasteiger partial charge in [-0.1, -0.05) is 11.2 Å². The molecule has 3 aromatic rings. The van der Waals surface area contributed by atoms with E-state index in [0.717, 1.165) is 17.5 Å². The van der Waals surface area contributed by atoms with Gasteiger partial charge >= 0.3 is 0 Å². The number of rotatable bonds is 5. The zero-order chi connectivity index (χ0) is 18.0. The predicted octanol–water partition coefficient (Wildman–Crippen LogP) is 2.97. The number of aryl methyl sites for hydroxylation is 1. The quantitative estimate of drug-likeness (QED) is 0.715. The van der Waals surface area contributed by atoms with Crippen molar-refractivity contribution >= 4 is 33.2 Å². The second-order valence-corrected chi connectivity index (χ2v) is 7.55. The summed E-state index contributed by atoms with van der Waals surface area (Å²) in [5, 5.41) is 9.91. The van der Waals surface area contributed by atoms with Gasteiger partial charge in [-0.3, -0.25) is 0 Å². The number of hydrogen-bond donors (Lipinski definition) is 2. The van der Waals surface area contributed by atoms with Crippen LogP contribution in [0, 0.1) is 13.8 Å². The fourth-order valence-corrected chi connectivity index (χ4v) is 2.74. The van der Waals surface area contributed by atoms with E-state index in [0.29, 0.717) is 23.3 Å². The molecule has 2 N–H and O–H groups in total. The smallest absolute Gasteiger partial charge is 0.233 e. The molecular weight excluding hydrogens is 342 g/mol. The maximum absolute atomic E-state index is 11.6. The monoisotopic (exact) mass is 359 g/mol. The molecule has 1 aromatic carbocycles. The van der Waals surface area contributed by atoms with E-state index in [1.807, 2.05) is 13.8 Å². The molecule has 0 spiro atoms. The van der Waals surface area contributed by atoms with E-state index in [9.17, 15) is 8.42 Å². The minimum Gasteiger partial charge on any atom is -0.338 e. The molecule has 0 saturated heterocycles. The van der Waals surface area contributed by atoms with Crippen molar-refractivity contribution in [2.75, 3.05) is 16.9 Å². The van der Waals surface area contributed by atoms with Crippen LogP contribution in [0.15, 0.2) is 45.9 Å². The van der Waals surface area contributed by atoms with E-state index in [4.69, 9.17) is 4.52 Å². The molecule has 0 aliphatic rings. The molecule has 9 heteroatoms. The van der Waals surface area contributed by atoms with Crippen LogP contribution in [0.25, 0.3) is 0 Å². The minimum atomic E-state index is -3.28. The van der Waals surface area contributed by atoms with Gasteiger partial charge in [0, 0.05) is 23.7 Å². The van der Waals surface area contributed by atoms with Crippen LogP contribution in [-0.2, 0) is 9.84 Å². The lowest BCUT2D eigenvalue weighted by molar-refractivity contribution is 0.429. The predicted molar refractivity (Wildman–Crippen MR) is 94.1 cm³/mol. The molecule has 0 radical (unpaired) electrons. The first kappa shape index (κ1) is 16.9. The normalized spacial score (nSPS) is 11.3. The molecule has 0 aliphatic heterocycles. The van der Waals surface area contributed by atoms with Gasteiger partial charge in [-0.2, -0.15) is 4.98 Å². The number of benzene rings is 1. The second-order valence-electron chi connectivity index (χ2n) is 5.54. The first-order valence-corrected chi connectivity index (χ1v) is 9.32. The Morgan fingerprint density at radius 1 is 1.12 bits per heavy atom. The Kier molecular flexibility index (Phi) is 4.41. The fourth-order valence-electron chi connectivity index (χ4n) is 2.07. The average Bonchev–Trinajstić information content (AvgIpc) is 2.87. The molecule has 25 heavy (non-hydrogen) atoms. The molecule has 2 heterocycles. The SMILES string of the molecule is Cc1noc(Nc2ccnc(Nc3cccc(S(C)(=O)=O)c3)n2)c1C.